The second-order valence-electron chi connectivity index (χ2n) is 9.41. The summed E-state index contributed by atoms with van der Waals surface area (Å²) >= 11 is 0. The first-order chi connectivity index (χ1) is 17.0. The van der Waals surface area contributed by atoms with E-state index in [4.69, 9.17) is 4.74 Å². The predicted octanol–water partition coefficient (Wildman–Crippen LogP) is 3.81. The number of piperidine rings is 1. The van der Waals surface area contributed by atoms with Crippen LogP contribution in [-0.2, 0) is 9.59 Å². The molecule has 2 saturated heterocycles. The molecule has 35 heavy (non-hydrogen) atoms. The maximum Gasteiger partial charge on any atom is 0.251 e. The number of nitrogens with one attached hydrogen (secondary N) is 1. The van der Waals surface area contributed by atoms with Gasteiger partial charge in [-0.25, -0.2) is 0 Å². The number of benzene rings is 2. The normalized spacial score (nSPS) is 20.7. The summed E-state index contributed by atoms with van der Waals surface area (Å²) in [7, 11) is 1.62. The van der Waals surface area contributed by atoms with Crippen molar-refractivity contribution in [3.05, 3.63) is 65.7 Å². The van der Waals surface area contributed by atoms with Gasteiger partial charge in [0.25, 0.3) is 5.91 Å². The summed E-state index contributed by atoms with van der Waals surface area (Å²) in [6, 6.07) is 16.7. The van der Waals surface area contributed by atoms with Crippen molar-refractivity contribution in [3.63, 3.8) is 0 Å². The number of rotatable bonds is 8. The molecule has 1 N–H and O–H groups in total. The fourth-order valence-corrected chi connectivity index (χ4v) is 5.15. The molecule has 0 unspecified atom stereocenters. The molecule has 2 aliphatic heterocycles. The number of carbonyl (C=O) groups is 3. The average molecular weight is 478 g/mol. The Morgan fingerprint density at radius 2 is 1.71 bits per heavy atom. The molecule has 7 heteroatoms. The minimum absolute atomic E-state index is 0.0333. The first kappa shape index (κ1) is 24.8. The zero-order valence-corrected chi connectivity index (χ0v) is 20.6. The SMILES string of the molecule is CCCCN1C(=O)C[C@H](C(=O)N2CCC(NC(=O)c3ccccc3)CC2)[C@@H]1c1ccc(OC)cc1. The molecule has 2 aliphatic rings. The Morgan fingerprint density at radius 3 is 2.34 bits per heavy atom. The van der Waals surface area contributed by atoms with Crippen LogP contribution < -0.4 is 10.1 Å². The number of amides is 3. The lowest BCUT2D eigenvalue weighted by Gasteiger charge is -2.36. The average Bonchev–Trinajstić information content (AvgIpc) is 3.23. The fraction of sp³-hybridized carbons (Fsp3) is 0.464. The van der Waals surface area contributed by atoms with Crippen LogP contribution in [0.15, 0.2) is 54.6 Å². The number of carbonyl (C=O) groups excluding carboxylic acids is 3. The summed E-state index contributed by atoms with van der Waals surface area (Å²) in [6.45, 7) is 3.91. The van der Waals surface area contributed by atoms with Gasteiger partial charge in [-0.1, -0.05) is 43.7 Å². The zero-order chi connectivity index (χ0) is 24.8. The van der Waals surface area contributed by atoms with Gasteiger partial charge in [0.15, 0.2) is 0 Å². The summed E-state index contributed by atoms with van der Waals surface area (Å²) in [4.78, 5) is 42.9. The lowest BCUT2D eigenvalue weighted by molar-refractivity contribution is -0.137. The third-order valence-corrected chi connectivity index (χ3v) is 7.14. The molecule has 0 aromatic heterocycles. The third-order valence-electron chi connectivity index (χ3n) is 7.14. The second-order valence-corrected chi connectivity index (χ2v) is 9.41. The summed E-state index contributed by atoms with van der Waals surface area (Å²) in [6.07, 6.45) is 3.55. The van der Waals surface area contributed by atoms with Gasteiger partial charge in [-0.2, -0.15) is 0 Å². The van der Waals surface area contributed by atoms with Crippen LogP contribution in [0.3, 0.4) is 0 Å². The molecule has 0 aliphatic carbocycles. The second kappa shape index (κ2) is 11.4. The molecule has 2 aromatic rings. The molecule has 2 fully saturated rings. The van der Waals surface area contributed by atoms with E-state index in [1.54, 1.807) is 19.2 Å². The van der Waals surface area contributed by atoms with Crippen molar-refractivity contribution in [3.8, 4) is 5.75 Å². The van der Waals surface area contributed by atoms with E-state index < -0.39 is 5.92 Å². The van der Waals surface area contributed by atoms with Crippen LogP contribution >= 0.6 is 0 Å². The van der Waals surface area contributed by atoms with Gasteiger partial charge in [-0.15, -0.1) is 0 Å². The van der Waals surface area contributed by atoms with Crippen molar-refractivity contribution in [2.45, 2.75) is 51.1 Å². The number of methoxy groups -OCH3 is 1. The first-order valence-electron chi connectivity index (χ1n) is 12.6. The highest BCUT2D eigenvalue weighted by Crippen LogP contribution is 2.40. The standard InChI is InChI=1S/C28H35N3O4/c1-3-4-16-31-25(32)19-24(26(31)20-10-12-23(35-2)13-11-20)28(34)30-17-14-22(15-18-30)29-27(33)21-8-6-5-7-9-21/h5-13,22,24,26H,3-4,14-19H2,1-2H3,(H,29,33)/t24-,26-/m0/s1. The molecule has 0 spiro atoms. The minimum Gasteiger partial charge on any atom is -0.497 e. The monoisotopic (exact) mass is 477 g/mol. The molecule has 0 radical (unpaired) electrons. The lowest BCUT2D eigenvalue weighted by atomic mass is 9.91. The maximum atomic E-state index is 13.7. The Labute approximate surface area is 207 Å². The van der Waals surface area contributed by atoms with Crippen molar-refractivity contribution in [1.82, 2.24) is 15.1 Å². The van der Waals surface area contributed by atoms with E-state index >= 15 is 0 Å². The molecule has 4 rings (SSSR count). The van der Waals surface area contributed by atoms with Crippen molar-refractivity contribution in [2.75, 3.05) is 26.7 Å². The molecule has 0 bridgehead atoms. The van der Waals surface area contributed by atoms with Gasteiger partial charge in [0.2, 0.25) is 11.8 Å². The van der Waals surface area contributed by atoms with E-state index in [-0.39, 0.29) is 36.2 Å². The van der Waals surface area contributed by atoms with E-state index in [1.165, 1.54) is 0 Å². The van der Waals surface area contributed by atoms with Crippen LogP contribution in [-0.4, -0.2) is 60.3 Å². The molecular formula is C28H35N3O4. The maximum absolute atomic E-state index is 13.7. The van der Waals surface area contributed by atoms with Crippen molar-refractivity contribution in [2.24, 2.45) is 5.92 Å². The number of nitrogens with zero attached hydrogens (tertiary/aromatic N) is 2. The minimum atomic E-state index is -0.400. The van der Waals surface area contributed by atoms with Gasteiger partial charge in [-0.3, -0.25) is 14.4 Å². The largest absolute Gasteiger partial charge is 0.497 e. The van der Waals surface area contributed by atoms with Crippen molar-refractivity contribution in [1.29, 1.82) is 0 Å². The first-order valence-corrected chi connectivity index (χ1v) is 12.6. The van der Waals surface area contributed by atoms with E-state index in [1.807, 2.05) is 52.3 Å². The predicted molar refractivity (Wildman–Crippen MR) is 134 cm³/mol. The van der Waals surface area contributed by atoms with E-state index in [0.717, 1.165) is 24.2 Å². The Hall–Kier alpha value is -3.35. The number of hydrogen-bond donors (Lipinski definition) is 1. The topological polar surface area (TPSA) is 79.0 Å². The molecular weight excluding hydrogens is 442 g/mol. The Morgan fingerprint density at radius 1 is 1.03 bits per heavy atom. The highest BCUT2D eigenvalue weighted by Gasteiger charge is 2.45. The molecule has 7 nitrogen and oxygen atoms in total. The van der Waals surface area contributed by atoms with Crippen molar-refractivity contribution < 1.29 is 19.1 Å². The van der Waals surface area contributed by atoms with Gasteiger partial charge >= 0.3 is 0 Å². The highest BCUT2D eigenvalue weighted by atomic mass is 16.5. The van der Waals surface area contributed by atoms with Crippen LogP contribution in [0.4, 0.5) is 0 Å². The summed E-state index contributed by atoms with van der Waals surface area (Å²) in [5.41, 5.74) is 1.61. The zero-order valence-electron chi connectivity index (χ0n) is 20.6. The molecule has 186 valence electrons. The summed E-state index contributed by atoms with van der Waals surface area (Å²) in [5, 5.41) is 3.10. The number of likely N-dealkylation sites (tertiary alicyclic amines) is 2. The molecule has 2 heterocycles. The van der Waals surface area contributed by atoms with Gasteiger partial charge in [0, 0.05) is 37.7 Å². The molecule has 2 aromatic carbocycles. The summed E-state index contributed by atoms with van der Waals surface area (Å²) < 4.78 is 5.29. The Balaban J connectivity index is 1.43. The van der Waals surface area contributed by atoms with Crippen LogP contribution in [0, 0.1) is 5.92 Å². The van der Waals surface area contributed by atoms with Crippen LogP contribution in [0.1, 0.15) is 61.0 Å². The quantitative estimate of drug-likeness (QED) is 0.627. The smallest absolute Gasteiger partial charge is 0.251 e. The number of ether oxygens (including phenoxy) is 1. The summed E-state index contributed by atoms with van der Waals surface area (Å²) in [5.74, 6) is 0.348. The van der Waals surface area contributed by atoms with Gasteiger partial charge in [0.05, 0.1) is 19.1 Å². The lowest BCUT2D eigenvalue weighted by Crippen LogP contribution is -2.48. The van der Waals surface area contributed by atoms with Gasteiger partial charge in [-0.05, 0) is 49.1 Å². The van der Waals surface area contributed by atoms with E-state index in [9.17, 15) is 14.4 Å². The van der Waals surface area contributed by atoms with Crippen LogP contribution in [0.2, 0.25) is 0 Å². The number of hydrogen-bond acceptors (Lipinski definition) is 4. The van der Waals surface area contributed by atoms with Crippen LogP contribution in [0.5, 0.6) is 5.75 Å². The van der Waals surface area contributed by atoms with Gasteiger partial charge in [0.1, 0.15) is 5.75 Å². The fourth-order valence-electron chi connectivity index (χ4n) is 5.15. The van der Waals surface area contributed by atoms with E-state index in [2.05, 4.69) is 12.2 Å². The van der Waals surface area contributed by atoms with Gasteiger partial charge < -0.3 is 19.9 Å². The highest BCUT2D eigenvalue weighted by molar-refractivity contribution is 5.94. The van der Waals surface area contributed by atoms with Crippen LogP contribution in [0.25, 0.3) is 0 Å². The number of unbranched alkanes of at least 4 members (excludes halogenated alkanes) is 1. The van der Waals surface area contributed by atoms with E-state index in [0.29, 0.717) is 38.0 Å². The molecule has 0 saturated carbocycles. The van der Waals surface area contributed by atoms with Crippen molar-refractivity contribution >= 4 is 17.7 Å². The Kier molecular flexibility index (Phi) is 8.06. The third kappa shape index (κ3) is 5.66. The molecule has 3 amide bonds. The molecule has 2 atom stereocenters. The Bertz CT molecular complexity index is 1020.